The second kappa shape index (κ2) is 10.3. The van der Waals surface area contributed by atoms with Crippen molar-refractivity contribution in [3.63, 3.8) is 0 Å². The van der Waals surface area contributed by atoms with Gasteiger partial charge in [-0.1, -0.05) is 44.2 Å². The number of alkyl halides is 3. The first-order chi connectivity index (χ1) is 17.5. The lowest BCUT2D eigenvalue weighted by molar-refractivity contribution is -0.154. The fourth-order valence-electron chi connectivity index (χ4n) is 3.55. The predicted molar refractivity (Wildman–Crippen MR) is 129 cm³/mol. The highest BCUT2D eigenvalue weighted by molar-refractivity contribution is 5.89. The lowest BCUT2D eigenvalue weighted by Gasteiger charge is -2.16. The molecule has 0 aliphatic rings. The minimum absolute atomic E-state index is 0.0765. The summed E-state index contributed by atoms with van der Waals surface area (Å²) < 4.78 is 70.3. The number of hydrogen-bond acceptors (Lipinski definition) is 5. The van der Waals surface area contributed by atoms with Gasteiger partial charge in [-0.15, -0.1) is 0 Å². The lowest BCUT2D eigenvalue weighted by atomic mass is 10.0. The Hall–Kier alpha value is -4.40. The minimum atomic E-state index is -5.04. The Bertz CT molecular complexity index is 1530. The van der Waals surface area contributed by atoms with E-state index in [2.05, 4.69) is 0 Å². The number of rotatable bonds is 6. The zero-order valence-corrected chi connectivity index (χ0v) is 19.6. The molecule has 0 aliphatic carbocycles. The molecule has 0 N–H and O–H groups in total. The summed E-state index contributed by atoms with van der Waals surface area (Å²) in [5, 5.41) is -0.188. The van der Waals surface area contributed by atoms with E-state index in [4.69, 9.17) is 13.9 Å². The van der Waals surface area contributed by atoms with E-state index in [0.29, 0.717) is 11.1 Å². The molecule has 37 heavy (non-hydrogen) atoms. The number of para-hydroxylation sites is 1. The van der Waals surface area contributed by atoms with Crippen molar-refractivity contribution in [2.75, 3.05) is 0 Å². The molecule has 0 amide bonds. The van der Waals surface area contributed by atoms with Crippen molar-refractivity contribution in [3.05, 3.63) is 106 Å². The Balaban J connectivity index is 1.68. The Morgan fingerprint density at radius 1 is 1.00 bits per heavy atom. The van der Waals surface area contributed by atoms with Gasteiger partial charge in [0.15, 0.2) is 0 Å². The molecule has 1 heterocycles. The number of carbonyl (C=O) groups is 1. The second-order valence-corrected chi connectivity index (χ2v) is 8.35. The number of hydrogen-bond donors (Lipinski definition) is 0. The molecular weight excluding hydrogens is 492 g/mol. The van der Waals surface area contributed by atoms with Gasteiger partial charge in [0.1, 0.15) is 22.9 Å². The maximum Gasteiger partial charge on any atom is 0.453 e. The molecule has 0 spiro atoms. The monoisotopic (exact) mass is 512 g/mol. The van der Waals surface area contributed by atoms with Gasteiger partial charge >= 0.3 is 12.1 Å². The summed E-state index contributed by atoms with van der Waals surface area (Å²) in [5.41, 5.74) is -0.314. The number of fused-ring (bicyclic) bond motifs is 1. The molecule has 3 aromatic carbocycles. The SMILES string of the molecule is CC(C)c1ccccc1Oc1c(C(F)(F)F)oc2cc(OC(=O)C=Cc3ccc(F)cc3)ccc2c1=O. The van der Waals surface area contributed by atoms with E-state index >= 15 is 0 Å². The molecule has 4 aromatic rings. The van der Waals surface area contributed by atoms with Crippen molar-refractivity contribution in [2.24, 2.45) is 0 Å². The summed E-state index contributed by atoms with van der Waals surface area (Å²) in [7, 11) is 0. The van der Waals surface area contributed by atoms with Crippen LogP contribution in [-0.4, -0.2) is 5.97 Å². The van der Waals surface area contributed by atoms with Crippen LogP contribution in [0.25, 0.3) is 17.0 Å². The number of benzene rings is 3. The molecule has 0 atom stereocenters. The first kappa shape index (κ1) is 25.7. The van der Waals surface area contributed by atoms with E-state index in [1.165, 1.54) is 48.5 Å². The fourth-order valence-corrected chi connectivity index (χ4v) is 3.55. The van der Waals surface area contributed by atoms with Crippen LogP contribution in [0, 0.1) is 5.82 Å². The van der Waals surface area contributed by atoms with Crippen LogP contribution < -0.4 is 14.9 Å². The van der Waals surface area contributed by atoms with Gasteiger partial charge in [-0.25, -0.2) is 9.18 Å². The molecule has 0 aliphatic heterocycles. The summed E-state index contributed by atoms with van der Waals surface area (Å²) in [4.78, 5) is 25.2. The number of carbonyl (C=O) groups excluding carboxylic acids is 1. The van der Waals surface area contributed by atoms with E-state index in [-0.39, 0.29) is 22.8 Å². The molecule has 0 bridgehead atoms. The van der Waals surface area contributed by atoms with Crippen LogP contribution in [0.4, 0.5) is 17.6 Å². The van der Waals surface area contributed by atoms with Gasteiger partial charge in [0.25, 0.3) is 5.76 Å². The maximum atomic E-state index is 13.9. The highest BCUT2D eigenvalue weighted by atomic mass is 19.4. The molecule has 0 saturated carbocycles. The third kappa shape index (κ3) is 5.88. The maximum absolute atomic E-state index is 13.9. The van der Waals surface area contributed by atoms with Gasteiger partial charge in [-0.2, -0.15) is 13.2 Å². The van der Waals surface area contributed by atoms with Crippen LogP contribution in [0.5, 0.6) is 17.2 Å². The van der Waals surface area contributed by atoms with Gasteiger partial charge in [0.2, 0.25) is 11.2 Å². The van der Waals surface area contributed by atoms with Crippen molar-refractivity contribution in [1.29, 1.82) is 0 Å². The average Bonchev–Trinajstić information content (AvgIpc) is 2.84. The van der Waals surface area contributed by atoms with Crippen LogP contribution in [0.3, 0.4) is 0 Å². The highest BCUT2D eigenvalue weighted by Crippen LogP contribution is 2.40. The van der Waals surface area contributed by atoms with Crippen molar-refractivity contribution in [3.8, 4) is 17.2 Å². The number of esters is 1. The van der Waals surface area contributed by atoms with Crippen molar-refractivity contribution >= 4 is 23.0 Å². The molecule has 0 saturated heterocycles. The smallest absolute Gasteiger partial charge is 0.449 e. The van der Waals surface area contributed by atoms with Gasteiger partial charge in [0.05, 0.1) is 5.39 Å². The Kier molecular flexibility index (Phi) is 7.15. The molecule has 190 valence electrons. The van der Waals surface area contributed by atoms with Gasteiger partial charge < -0.3 is 13.9 Å². The van der Waals surface area contributed by atoms with Gasteiger partial charge in [-0.05, 0) is 53.5 Å². The third-order valence-electron chi connectivity index (χ3n) is 5.33. The molecule has 1 aromatic heterocycles. The topological polar surface area (TPSA) is 65.7 Å². The Labute approximate surface area is 208 Å². The average molecular weight is 512 g/mol. The first-order valence-electron chi connectivity index (χ1n) is 11.1. The van der Waals surface area contributed by atoms with E-state index < -0.39 is 40.5 Å². The van der Waals surface area contributed by atoms with E-state index in [1.54, 1.807) is 18.2 Å². The first-order valence-corrected chi connectivity index (χ1v) is 11.1. The van der Waals surface area contributed by atoms with Crippen molar-refractivity contribution < 1.29 is 36.2 Å². The van der Waals surface area contributed by atoms with E-state index in [1.807, 2.05) is 13.8 Å². The summed E-state index contributed by atoms with van der Waals surface area (Å²) in [6.45, 7) is 3.68. The lowest BCUT2D eigenvalue weighted by Crippen LogP contribution is -2.16. The summed E-state index contributed by atoms with van der Waals surface area (Å²) in [5.74, 6) is -3.99. The highest BCUT2D eigenvalue weighted by Gasteiger charge is 2.40. The van der Waals surface area contributed by atoms with Crippen LogP contribution in [0.2, 0.25) is 0 Å². The Morgan fingerprint density at radius 3 is 2.38 bits per heavy atom. The quantitative estimate of drug-likeness (QED) is 0.116. The molecule has 4 rings (SSSR count). The van der Waals surface area contributed by atoms with E-state index in [0.717, 1.165) is 12.1 Å². The molecule has 5 nitrogen and oxygen atoms in total. The minimum Gasteiger partial charge on any atom is -0.449 e. The summed E-state index contributed by atoms with van der Waals surface area (Å²) in [6, 6.07) is 15.3. The van der Waals surface area contributed by atoms with Crippen LogP contribution >= 0.6 is 0 Å². The normalized spacial score (nSPS) is 11.9. The van der Waals surface area contributed by atoms with Crippen molar-refractivity contribution in [2.45, 2.75) is 25.9 Å². The summed E-state index contributed by atoms with van der Waals surface area (Å²) in [6.07, 6.45) is -2.60. The predicted octanol–water partition coefficient (Wildman–Crippen LogP) is 7.49. The van der Waals surface area contributed by atoms with Crippen LogP contribution in [0.1, 0.15) is 36.7 Å². The van der Waals surface area contributed by atoms with E-state index in [9.17, 15) is 27.2 Å². The Morgan fingerprint density at radius 2 is 1.70 bits per heavy atom. The van der Waals surface area contributed by atoms with Gasteiger partial charge in [0, 0.05) is 12.1 Å². The number of halogens is 4. The molecule has 0 unspecified atom stereocenters. The van der Waals surface area contributed by atoms with Crippen molar-refractivity contribution in [1.82, 2.24) is 0 Å². The molecule has 9 heteroatoms. The molecule has 0 radical (unpaired) electrons. The standard InChI is InChI=1S/C28H20F4O5/c1-16(2)20-5-3-4-6-22(20)36-26-25(34)21-13-12-19(15-23(21)37-27(26)28(30,31)32)35-24(33)14-9-17-7-10-18(29)11-8-17/h3-16H,1-2H3. The summed E-state index contributed by atoms with van der Waals surface area (Å²) >= 11 is 0. The second-order valence-electron chi connectivity index (χ2n) is 8.35. The zero-order valence-electron chi connectivity index (χ0n) is 19.6. The number of ether oxygens (including phenoxy) is 2. The molecule has 0 fully saturated rings. The van der Waals surface area contributed by atoms with Crippen LogP contribution in [-0.2, 0) is 11.0 Å². The zero-order chi connectivity index (χ0) is 26.7. The molecular formula is C28H20F4O5. The van der Waals surface area contributed by atoms with Gasteiger partial charge in [-0.3, -0.25) is 4.79 Å². The third-order valence-corrected chi connectivity index (χ3v) is 5.33. The fraction of sp³-hybridized carbons (Fsp3) is 0.143. The van der Waals surface area contributed by atoms with Crippen LogP contribution in [0.15, 0.2) is 82.0 Å². The largest absolute Gasteiger partial charge is 0.453 e.